The number of carbonyl (C=O) groups is 2. The molecule has 0 fully saturated rings. The van der Waals surface area contributed by atoms with E-state index < -0.39 is 40.6 Å². The minimum Gasteiger partial charge on any atom is -0.501 e. The highest BCUT2D eigenvalue weighted by molar-refractivity contribution is 7.14. The van der Waals surface area contributed by atoms with Gasteiger partial charge in [0.25, 0.3) is 11.2 Å². The van der Waals surface area contributed by atoms with Crippen molar-refractivity contribution in [3.8, 4) is 16.5 Å². The molecule has 0 radical (unpaired) electrons. The number of carboxylic acid groups (broad SMARTS) is 1. The molecule has 0 aliphatic rings. The summed E-state index contributed by atoms with van der Waals surface area (Å²) in [6, 6.07) is 5.25. The number of hydrogen-bond donors (Lipinski definition) is 4. The average molecular weight is 467 g/mol. The number of carbonyl (C=O) groups excluding carboxylic acids is 1. The molecule has 1 aromatic carbocycles. The molecule has 0 aliphatic heterocycles. The summed E-state index contributed by atoms with van der Waals surface area (Å²) in [4.78, 5) is 51.7. The number of H-pyrrole nitrogens is 1. The third kappa shape index (κ3) is 4.79. The van der Waals surface area contributed by atoms with Gasteiger partial charge in [0.1, 0.15) is 6.61 Å². The SMILES string of the molecule is O=C(Nc1ccsc1-c1nc(C(=O)O)c(O)c(=O)[nH]1)OCc1cc(Cl)ccc1[N+](=O)[O-]. The van der Waals surface area contributed by atoms with Gasteiger partial charge in [0.05, 0.1) is 21.1 Å². The summed E-state index contributed by atoms with van der Waals surface area (Å²) in [5, 5.41) is 33.8. The van der Waals surface area contributed by atoms with Crippen molar-refractivity contribution in [1.29, 1.82) is 0 Å². The Morgan fingerprint density at radius 2 is 2.10 bits per heavy atom. The molecule has 14 heteroatoms. The Kier molecular flexibility index (Phi) is 6.17. The summed E-state index contributed by atoms with van der Waals surface area (Å²) in [5.74, 6) is -2.86. The van der Waals surface area contributed by atoms with E-state index >= 15 is 0 Å². The second-order valence-electron chi connectivity index (χ2n) is 5.81. The van der Waals surface area contributed by atoms with Gasteiger partial charge in [-0.2, -0.15) is 0 Å². The second kappa shape index (κ2) is 8.81. The van der Waals surface area contributed by atoms with Crippen molar-refractivity contribution in [2.45, 2.75) is 6.61 Å². The molecule has 0 atom stereocenters. The molecule has 0 spiro atoms. The third-order valence-electron chi connectivity index (χ3n) is 3.81. The first kappa shape index (κ1) is 21.7. The van der Waals surface area contributed by atoms with E-state index in [0.717, 1.165) is 11.3 Å². The van der Waals surface area contributed by atoms with Crippen LogP contribution in [0.1, 0.15) is 16.1 Å². The molecule has 31 heavy (non-hydrogen) atoms. The van der Waals surface area contributed by atoms with Gasteiger partial charge in [-0.3, -0.25) is 20.2 Å². The fourth-order valence-electron chi connectivity index (χ4n) is 2.45. The van der Waals surface area contributed by atoms with Crippen molar-refractivity contribution in [2.24, 2.45) is 0 Å². The molecular weight excluding hydrogens is 456 g/mol. The van der Waals surface area contributed by atoms with Crippen LogP contribution in [-0.4, -0.2) is 37.2 Å². The molecule has 3 rings (SSSR count). The van der Waals surface area contributed by atoms with Crippen LogP contribution in [0, 0.1) is 10.1 Å². The number of benzene rings is 1. The first-order chi connectivity index (χ1) is 14.7. The Morgan fingerprint density at radius 3 is 2.77 bits per heavy atom. The molecule has 3 aromatic rings. The van der Waals surface area contributed by atoms with Gasteiger partial charge in [0.15, 0.2) is 11.5 Å². The van der Waals surface area contributed by atoms with E-state index in [9.17, 15) is 29.6 Å². The molecule has 4 N–H and O–H groups in total. The van der Waals surface area contributed by atoms with Crippen LogP contribution in [0.25, 0.3) is 10.7 Å². The first-order valence-electron chi connectivity index (χ1n) is 8.18. The predicted molar refractivity (Wildman–Crippen MR) is 109 cm³/mol. The Hall–Kier alpha value is -3.97. The van der Waals surface area contributed by atoms with Crippen LogP contribution in [0.3, 0.4) is 0 Å². The molecule has 0 saturated heterocycles. The number of amides is 1. The molecule has 1 amide bonds. The fourth-order valence-corrected chi connectivity index (χ4v) is 3.44. The number of halogens is 1. The second-order valence-corrected chi connectivity index (χ2v) is 7.16. The van der Waals surface area contributed by atoms with Crippen molar-refractivity contribution in [2.75, 3.05) is 5.32 Å². The van der Waals surface area contributed by atoms with Crippen LogP contribution >= 0.6 is 22.9 Å². The Morgan fingerprint density at radius 1 is 1.35 bits per heavy atom. The summed E-state index contributed by atoms with van der Waals surface area (Å²) in [7, 11) is 0. The zero-order chi connectivity index (χ0) is 22.7. The van der Waals surface area contributed by atoms with Gasteiger partial charge in [0, 0.05) is 11.1 Å². The Balaban J connectivity index is 1.80. The van der Waals surface area contributed by atoms with Crippen LogP contribution in [0.2, 0.25) is 5.02 Å². The minimum absolute atomic E-state index is 0.0776. The number of aromatic amines is 1. The maximum absolute atomic E-state index is 12.2. The summed E-state index contributed by atoms with van der Waals surface area (Å²) in [6.07, 6.45) is -0.978. The highest BCUT2D eigenvalue weighted by Gasteiger charge is 2.21. The van der Waals surface area contributed by atoms with Gasteiger partial charge in [-0.15, -0.1) is 11.3 Å². The lowest BCUT2D eigenvalue weighted by Crippen LogP contribution is -2.16. The quantitative estimate of drug-likeness (QED) is 0.312. The van der Waals surface area contributed by atoms with Crippen LogP contribution in [-0.2, 0) is 11.3 Å². The fraction of sp³-hybridized carbons (Fsp3) is 0.0588. The number of aromatic hydroxyl groups is 1. The van der Waals surface area contributed by atoms with E-state index in [1.165, 1.54) is 29.6 Å². The van der Waals surface area contributed by atoms with Crippen molar-refractivity contribution in [3.63, 3.8) is 0 Å². The van der Waals surface area contributed by atoms with E-state index in [4.69, 9.17) is 21.4 Å². The summed E-state index contributed by atoms with van der Waals surface area (Å²) in [5.41, 5.74) is -2.00. The number of nitro benzene ring substituents is 1. The van der Waals surface area contributed by atoms with Gasteiger partial charge < -0.3 is 19.9 Å². The molecular formula is C17H11ClN4O8S. The smallest absolute Gasteiger partial charge is 0.412 e. The molecule has 0 unspecified atom stereocenters. The van der Waals surface area contributed by atoms with Gasteiger partial charge >= 0.3 is 12.1 Å². The third-order valence-corrected chi connectivity index (χ3v) is 4.97. The largest absolute Gasteiger partial charge is 0.501 e. The van der Waals surface area contributed by atoms with Crippen molar-refractivity contribution in [1.82, 2.24) is 9.97 Å². The maximum Gasteiger partial charge on any atom is 0.412 e. The highest BCUT2D eigenvalue weighted by atomic mass is 35.5. The van der Waals surface area contributed by atoms with Gasteiger partial charge in [-0.1, -0.05) is 11.6 Å². The van der Waals surface area contributed by atoms with E-state index in [0.29, 0.717) is 0 Å². The standard InChI is InChI=1S/C17H11ClN4O8S/c18-8-1-2-10(22(28)29)7(5-8)6-30-17(27)19-9-3-4-31-13(9)14-20-11(16(25)26)12(23)15(24)21-14/h1-5,23H,6H2,(H,19,27)(H,25,26)(H,20,21,24). The number of aromatic carboxylic acids is 1. The van der Waals surface area contributed by atoms with Crippen LogP contribution < -0.4 is 10.9 Å². The zero-order valence-corrected chi connectivity index (χ0v) is 16.7. The molecule has 0 saturated carbocycles. The average Bonchev–Trinajstić information content (AvgIpc) is 3.16. The lowest BCUT2D eigenvalue weighted by Gasteiger charge is -2.09. The predicted octanol–water partition coefficient (Wildman–Crippen LogP) is 3.21. The van der Waals surface area contributed by atoms with Gasteiger partial charge in [-0.25, -0.2) is 14.6 Å². The first-order valence-corrected chi connectivity index (χ1v) is 9.44. The molecule has 160 valence electrons. The number of aromatic nitrogens is 2. The summed E-state index contributed by atoms with van der Waals surface area (Å²) >= 11 is 6.84. The molecule has 2 aromatic heterocycles. The van der Waals surface area contributed by atoms with E-state index in [2.05, 4.69) is 15.3 Å². The molecule has 12 nitrogen and oxygen atoms in total. The Labute approximate surface area is 180 Å². The summed E-state index contributed by atoms with van der Waals surface area (Å²) in [6.45, 7) is -0.445. The molecule has 0 aliphatic carbocycles. The number of nitrogens with one attached hydrogen (secondary N) is 2. The minimum atomic E-state index is -1.61. The normalized spacial score (nSPS) is 10.5. The van der Waals surface area contributed by atoms with E-state index in [1.807, 2.05) is 0 Å². The Bertz CT molecular complexity index is 1260. The molecule has 0 bridgehead atoms. The number of anilines is 1. The van der Waals surface area contributed by atoms with E-state index in [1.54, 1.807) is 0 Å². The van der Waals surface area contributed by atoms with Crippen molar-refractivity contribution in [3.05, 3.63) is 66.4 Å². The number of nitrogens with zero attached hydrogens (tertiary/aromatic N) is 2. The number of rotatable bonds is 6. The topological polar surface area (TPSA) is 185 Å². The zero-order valence-electron chi connectivity index (χ0n) is 15.1. The monoisotopic (exact) mass is 466 g/mol. The highest BCUT2D eigenvalue weighted by Crippen LogP contribution is 2.32. The number of ether oxygens (including phenoxy) is 1. The van der Waals surface area contributed by atoms with Crippen LogP contribution in [0.4, 0.5) is 16.2 Å². The van der Waals surface area contributed by atoms with Crippen LogP contribution in [0.5, 0.6) is 5.75 Å². The number of carboxylic acids is 1. The van der Waals surface area contributed by atoms with Crippen molar-refractivity contribution >= 4 is 46.4 Å². The molecule has 2 heterocycles. The maximum atomic E-state index is 12.2. The number of nitro groups is 1. The van der Waals surface area contributed by atoms with E-state index in [-0.39, 0.29) is 32.7 Å². The number of thiophene rings is 1. The summed E-state index contributed by atoms with van der Waals surface area (Å²) < 4.78 is 5.01. The van der Waals surface area contributed by atoms with Crippen LogP contribution in [0.15, 0.2) is 34.4 Å². The van der Waals surface area contributed by atoms with Gasteiger partial charge in [0.2, 0.25) is 5.75 Å². The number of hydrogen-bond acceptors (Lipinski definition) is 9. The lowest BCUT2D eigenvalue weighted by atomic mass is 10.2. The van der Waals surface area contributed by atoms with Gasteiger partial charge in [-0.05, 0) is 23.6 Å². The van der Waals surface area contributed by atoms with Crippen molar-refractivity contribution < 1.29 is 29.5 Å². The lowest BCUT2D eigenvalue weighted by molar-refractivity contribution is -0.385.